The predicted octanol–water partition coefficient (Wildman–Crippen LogP) is 15.3. The summed E-state index contributed by atoms with van der Waals surface area (Å²) in [5.41, 5.74) is 13.2. The van der Waals surface area contributed by atoms with Crippen LogP contribution in [-0.4, -0.2) is 0 Å². The standard InChI is InChI=1S/C52H35NS/c1-4-14-36(15-5-1)42-30-33-51-48(35-42)46-23-13-25-50(52(46)54-51)53(49-24-11-10-21-45(49)39-18-8-3-9-19-39)43-31-28-37(29-32-43)41-27-26-40-20-12-22-44(47(40)34-41)38-16-6-2-7-17-38/h1-35H. The average Bonchev–Trinajstić information content (AvgIpc) is 3.63. The molecule has 9 aromatic carbocycles. The molecule has 0 radical (unpaired) electrons. The Morgan fingerprint density at radius 2 is 0.852 bits per heavy atom. The molecular weight excluding hydrogens is 671 g/mol. The molecule has 0 atom stereocenters. The van der Waals surface area contributed by atoms with Gasteiger partial charge >= 0.3 is 0 Å². The topological polar surface area (TPSA) is 3.24 Å². The third kappa shape index (κ3) is 5.74. The van der Waals surface area contributed by atoms with E-state index in [0.717, 1.165) is 11.4 Å². The zero-order valence-electron chi connectivity index (χ0n) is 29.6. The number of benzene rings is 9. The zero-order chi connectivity index (χ0) is 35.8. The van der Waals surface area contributed by atoms with Crippen molar-refractivity contribution in [2.45, 2.75) is 0 Å². The summed E-state index contributed by atoms with van der Waals surface area (Å²) in [6, 6.07) is 77.1. The molecular formula is C52H35NS. The molecule has 0 spiro atoms. The van der Waals surface area contributed by atoms with Crippen molar-refractivity contribution in [1.82, 2.24) is 0 Å². The molecule has 1 aromatic heterocycles. The zero-order valence-corrected chi connectivity index (χ0v) is 30.4. The fraction of sp³-hybridized carbons (Fsp3) is 0. The van der Waals surface area contributed by atoms with Crippen LogP contribution < -0.4 is 4.90 Å². The molecule has 0 aliphatic carbocycles. The van der Waals surface area contributed by atoms with Crippen LogP contribution in [-0.2, 0) is 0 Å². The van der Waals surface area contributed by atoms with E-state index in [4.69, 9.17) is 0 Å². The van der Waals surface area contributed by atoms with Crippen molar-refractivity contribution in [2.24, 2.45) is 0 Å². The maximum Gasteiger partial charge on any atom is 0.0640 e. The third-order valence-corrected chi connectivity index (χ3v) is 11.7. The van der Waals surface area contributed by atoms with Crippen LogP contribution >= 0.6 is 11.3 Å². The second-order valence-corrected chi connectivity index (χ2v) is 14.8. The van der Waals surface area contributed by atoms with Gasteiger partial charge in [0, 0.05) is 26.7 Å². The Morgan fingerprint density at radius 1 is 0.315 bits per heavy atom. The van der Waals surface area contributed by atoms with Crippen LogP contribution in [0.5, 0.6) is 0 Å². The Balaban J connectivity index is 1.13. The molecule has 10 aromatic rings. The van der Waals surface area contributed by atoms with Gasteiger partial charge in [-0.05, 0) is 92.2 Å². The maximum absolute atomic E-state index is 2.45. The number of hydrogen-bond acceptors (Lipinski definition) is 2. The monoisotopic (exact) mass is 705 g/mol. The van der Waals surface area contributed by atoms with Crippen LogP contribution in [0, 0.1) is 0 Å². The number of rotatable bonds is 7. The van der Waals surface area contributed by atoms with Crippen molar-refractivity contribution in [1.29, 1.82) is 0 Å². The summed E-state index contributed by atoms with van der Waals surface area (Å²) in [6.07, 6.45) is 0. The lowest BCUT2D eigenvalue weighted by molar-refractivity contribution is 1.30. The lowest BCUT2D eigenvalue weighted by Crippen LogP contribution is -2.11. The van der Waals surface area contributed by atoms with E-state index in [1.165, 1.54) is 81.1 Å². The lowest BCUT2D eigenvalue weighted by atomic mass is 9.94. The molecule has 2 heteroatoms. The van der Waals surface area contributed by atoms with Gasteiger partial charge in [0.05, 0.1) is 16.1 Å². The highest BCUT2D eigenvalue weighted by molar-refractivity contribution is 7.26. The largest absolute Gasteiger partial charge is 0.308 e. The van der Waals surface area contributed by atoms with Gasteiger partial charge < -0.3 is 4.90 Å². The molecule has 0 aliphatic heterocycles. The van der Waals surface area contributed by atoms with E-state index in [-0.39, 0.29) is 0 Å². The summed E-state index contributed by atoms with van der Waals surface area (Å²) in [5, 5.41) is 5.06. The molecule has 0 fully saturated rings. The summed E-state index contributed by atoms with van der Waals surface area (Å²) in [6.45, 7) is 0. The first-order valence-corrected chi connectivity index (χ1v) is 19.2. The van der Waals surface area contributed by atoms with Crippen LogP contribution in [0.2, 0.25) is 0 Å². The fourth-order valence-electron chi connectivity index (χ4n) is 7.83. The Kier molecular flexibility index (Phi) is 8.09. The summed E-state index contributed by atoms with van der Waals surface area (Å²) in [5.74, 6) is 0. The predicted molar refractivity (Wildman–Crippen MR) is 233 cm³/mol. The molecule has 0 saturated heterocycles. The fourth-order valence-corrected chi connectivity index (χ4v) is 9.02. The number of fused-ring (bicyclic) bond motifs is 4. The molecule has 54 heavy (non-hydrogen) atoms. The van der Waals surface area contributed by atoms with Crippen LogP contribution in [0.1, 0.15) is 0 Å². The van der Waals surface area contributed by atoms with Gasteiger partial charge in [-0.1, -0.05) is 170 Å². The number of nitrogens with zero attached hydrogens (tertiary/aromatic N) is 1. The first-order chi connectivity index (χ1) is 26.8. The molecule has 1 nitrogen and oxygen atoms in total. The van der Waals surface area contributed by atoms with Gasteiger partial charge in [0.2, 0.25) is 0 Å². The van der Waals surface area contributed by atoms with Crippen molar-refractivity contribution in [2.75, 3.05) is 4.90 Å². The normalized spacial score (nSPS) is 11.3. The van der Waals surface area contributed by atoms with E-state index >= 15 is 0 Å². The van der Waals surface area contributed by atoms with Crippen LogP contribution in [0.25, 0.3) is 75.5 Å². The van der Waals surface area contributed by atoms with Gasteiger partial charge in [-0.3, -0.25) is 0 Å². The van der Waals surface area contributed by atoms with Gasteiger partial charge in [-0.15, -0.1) is 11.3 Å². The second-order valence-electron chi connectivity index (χ2n) is 13.7. The van der Waals surface area contributed by atoms with Gasteiger partial charge in [0.25, 0.3) is 0 Å². The quantitative estimate of drug-likeness (QED) is 0.160. The minimum absolute atomic E-state index is 1.11. The molecule has 0 amide bonds. The second kappa shape index (κ2) is 13.7. The third-order valence-electron chi connectivity index (χ3n) is 10.5. The highest BCUT2D eigenvalue weighted by Crippen LogP contribution is 2.48. The Bertz CT molecular complexity index is 2910. The smallest absolute Gasteiger partial charge is 0.0640 e. The first kappa shape index (κ1) is 32.0. The van der Waals surface area contributed by atoms with Crippen molar-refractivity contribution in [3.8, 4) is 44.5 Å². The molecule has 0 bridgehead atoms. The van der Waals surface area contributed by atoms with Crippen molar-refractivity contribution in [3.63, 3.8) is 0 Å². The first-order valence-electron chi connectivity index (χ1n) is 18.4. The van der Waals surface area contributed by atoms with Gasteiger partial charge in [-0.2, -0.15) is 0 Å². The van der Waals surface area contributed by atoms with E-state index in [1.54, 1.807) is 0 Å². The molecule has 0 unspecified atom stereocenters. The van der Waals surface area contributed by atoms with Gasteiger partial charge in [-0.25, -0.2) is 0 Å². The maximum atomic E-state index is 2.45. The Labute approximate surface area is 319 Å². The molecule has 0 aliphatic rings. The molecule has 0 N–H and O–H groups in total. The van der Waals surface area contributed by atoms with Crippen molar-refractivity contribution in [3.05, 3.63) is 212 Å². The summed E-state index contributed by atoms with van der Waals surface area (Å²) >= 11 is 1.87. The molecule has 254 valence electrons. The number of thiophene rings is 1. The summed E-state index contributed by atoms with van der Waals surface area (Å²) < 4.78 is 2.56. The van der Waals surface area contributed by atoms with E-state index in [9.17, 15) is 0 Å². The number of para-hydroxylation sites is 1. The highest BCUT2D eigenvalue weighted by atomic mass is 32.1. The summed E-state index contributed by atoms with van der Waals surface area (Å²) in [4.78, 5) is 2.45. The lowest BCUT2D eigenvalue weighted by Gasteiger charge is -2.28. The number of anilines is 3. The highest BCUT2D eigenvalue weighted by Gasteiger charge is 2.21. The average molecular weight is 706 g/mol. The minimum Gasteiger partial charge on any atom is -0.308 e. The van der Waals surface area contributed by atoms with Crippen LogP contribution in [0.3, 0.4) is 0 Å². The summed E-state index contributed by atoms with van der Waals surface area (Å²) in [7, 11) is 0. The van der Waals surface area contributed by atoms with Gasteiger partial charge in [0.15, 0.2) is 0 Å². The van der Waals surface area contributed by atoms with Crippen LogP contribution in [0.4, 0.5) is 17.1 Å². The molecule has 0 saturated carbocycles. The van der Waals surface area contributed by atoms with Crippen molar-refractivity contribution < 1.29 is 0 Å². The molecule has 1 heterocycles. The minimum atomic E-state index is 1.11. The van der Waals surface area contributed by atoms with Gasteiger partial charge in [0.1, 0.15) is 0 Å². The SMILES string of the molecule is c1ccc(-c2ccc3sc4c(N(c5ccc(-c6ccc7cccc(-c8ccccc8)c7c6)cc5)c5ccccc5-c5ccccc5)cccc4c3c2)cc1. The van der Waals surface area contributed by atoms with E-state index in [2.05, 4.69) is 217 Å². The van der Waals surface area contributed by atoms with E-state index in [1.807, 2.05) is 11.3 Å². The van der Waals surface area contributed by atoms with Crippen LogP contribution in [0.15, 0.2) is 212 Å². The Hall–Kier alpha value is -6.74. The molecule has 10 rings (SSSR count). The number of hydrogen-bond donors (Lipinski definition) is 0. The van der Waals surface area contributed by atoms with E-state index < -0.39 is 0 Å². The Morgan fingerprint density at radius 3 is 1.59 bits per heavy atom. The van der Waals surface area contributed by atoms with Crippen molar-refractivity contribution >= 4 is 59.3 Å². The van der Waals surface area contributed by atoms with E-state index in [0.29, 0.717) is 0 Å².